The summed E-state index contributed by atoms with van der Waals surface area (Å²) in [5.74, 6) is -0.105. The number of aromatic nitrogens is 4. The van der Waals surface area contributed by atoms with Gasteiger partial charge in [-0.15, -0.1) is 0 Å². The summed E-state index contributed by atoms with van der Waals surface area (Å²) in [5.41, 5.74) is 0.466. The second kappa shape index (κ2) is 10.8. The van der Waals surface area contributed by atoms with E-state index in [2.05, 4.69) is 37.5 Å². The van der Waals surface area contributed by atoms with Crippen molar-refractivity contribution in [2.45, 2.75) is 58.2 Å². The highest BCUT2D eigenvalue weighted by molar-refractivity contribution is 5.76. The van der Waals surface area contributed by atoms with Crippen molar-refractivity contribution in [3.8, 4) is 0 Å². The Kier molecular flexibility index (Phi) is 7.78. The van der Waals surface area contributed by atoms with Crippen LogP contribution in [0.1, 0.15) is 56.3 Å². The summed E-state index contributed by atoms with van der Waals surface area (Å²) in [5, 5.41) is 10.4. The van der Waals surface area contributed by atoms with Gasteiger partial charge in [-0.2, -0.15) is 23.3 Å². The first-order valence-corrected chi connectivity index (χ1v) is 12.3. The van der Waals surface area contributed by atoms with Crippen molar-refractivity contribution < 1.29 is 18.0 Å². The van der Waals surface area contributed by atoms with E-state index in [0.717, 1.165) is 50.8 Å². The number of nitrogens with zero attached hydrogens (tertiary/aromatic N) is 6. The fourth-order valence-electron chi connectivity index (χ4n) is 4.59. The quantitative estimate of drug-likeness (QED) is 0.512. The number of likely N-dealkylation sites (N-methyl/N-ethyl adjacent to an activating group) is 1. The standard InChI is InChI=1S/C23H33F3N8O/c1-3-32-12-8-17(14-32)34-15-19(16(2)31-34)29-22-28-13-18(23(24,25)26)21(30-22)27-9-6-11-33-10-5-4-7-20(33)35/h13,15,17H,3-12,14H2,1-2H3,(H2,27,28,29,30). The Bertz CT molecular complexity index is 1020. The minimum Gasteiger partial charge on any atom is -0.369 e. The highest BCUT2D eigenvalue weighted by atomic mass is 19.4. The molecule has 12 heteroatoms. The lowest BCUT2D eigenvalue weighted by molar-refractivity contribution is -0.137. The summed E-state index contributed by atoms with van der Waals surface area (Å²) in [6.45, 7) is 8.38. The molecule has 4 heterocycles. The molecular formula is C23H33F3N8O. The van der Waals surface area contributed by atoms with Crippen LogP contribution in [0.3, 0.4) is 0 Å². The van der Waals surface area contributed by atoms with Gasteiger partial charge in [0.05, 0.1) is 17.4 Å². The molecule has 2 aliphatic heterocycles. The average molecular weight is 495 g/mol. The van der Waals surface area contributed by atoms with E-state index in [-0.39, 0.29) is 30.3 Å². The number of carbonyl (C=O) groups is 1. The van der Waals surface area contributed by atoms with Crippen LogP contribution in [0.4, 0.5) is 30.6 Å². The first-order chi connectivity index (χ1) is 16.7. The SMILES string of the molecule is CCN1CCC(n2cc(Nc3ncc(C(F)(F)F)c(NCCCN4CCCCC4=O)n3)c(C)n2)C1. The summed E-state index contributed by atoms with van der Waals surface area (Å²) in [4.78, 5) is 24.1. The molecule has 2 aromatic heterocycles. The average Bonchev–Trinajstić information content (AvgIpc) is 3.44. The van der Waals surface area contributed by atoms with E-state index in [9.17, 15) is 18.0 Å². The third-order valence-electron chi connectivity index (χ3n) is 6.64. The summed E-state index contributed by atoms with van der Waals surface area (Å²) in [7, 11) is 0. The molecule has 9 nitrogen and oxygen atoms in total. The molecule has 2 saturated heterocycles. The lowest BCUT2D eigenvalue weighted by Gasteiger charge is -2.26. The molecule has 2 N–H and O–H groups in total. The van der Waals surface area contributed by atoms with Gasteiger partial charge >= 0.3 is 6.18 Å². The molecule has 1 unspecified atom stereocenters. The third kappa shape index (κ3) is 6.22. The molecule has 0 aromatic carbocycles. The van der Waals surface area contributed by atoms with Gasteiger partial charge in [0.15, 0.2) is 0 Å². The lowest BCUT2D eigenvalue weighted by Crippen LogP contribution is -2.36. The molecule has 0 spiro atoms. The highest BCUT2D eigenvalue weighted by Crippen LogP contribution is 2.34. The molecule has 192 valence electrons. The molecule has 0 saturated carbocycles. The molecule has 0 aliphatic carbocycles. The van der Waals surface area contributed by atoms with E-state index in [0.29, 0.717) is 31.6 Å². The zero-order chi connectivity index (χ0) is 25.0. The van der Waals surface area contributed by atoms with Crippen LogP contribution in [0, 0.1) is 6.92 Å². The predicted molar refractivity (Wildman–Crippen MR) is 127 cm³/mol. The number of alkyl halides is 3. The molecule has 0 bridgehead atoms. The molecule has 1 amide bonds. The monoisotopic (exact) mass is 494 g/mol. The number of amides is 1. The van der Waals surface area contributed by atoms with E-state index in [1.807, 2.05) is 17.8 Å². The van der Waals surface area contributed by atoms with Gasteiger partial charge in [0, 0.05) is 51.5 Å². The van der Waals surface area contributed by atoms with Crippen LogP contribution in [-0.2, 0) is 11.0 Å². The number of rotatable bonds is 9. The van der Waals surface area contributed by atoms with Crippen molar-refractivity contribution in [2.75, 3.05) is 49.9 Å². The van der Waals surface area contributed by atoms with Gasteiger partial charge in [-0.3, -0.25) is 9.48 Å². The summed E-state index contributed by atoms with van der Waals surface area (Å²) >= 11 is 0. The summed E-state index contributed by atoms with van der Waals surface area (Å²) in [6, 6.07) is 0.265. The van der Waals surface area contributed by atoms with Crippen LogP contribution in [0.25, 0.3) is 0 Å². The Labute approximate surface area is 203 Å². The largest absolute Gasteiger partial charge is 0.421 e. The summed E-state index contributed by atoms with van der Waals surface area (Å²) < 4.78 is 42.6. The van der Waals surface area contributed by atoms with E-state index >= 15 is 0 Å². The van der Waals surface area contributed by atoms with Crippen molar-refractivity contribution in [2.24, 2.45) is 0 Å². The minimum absolute atomic E-state index is 0.0657. The maximum absolute atomic E-state index is 13.5. The van der Waals surface area contributed by atoms with Gasteiger partial charge in [-0.1, -0.05) is 6.92 Å². The summed E-state index contributed by atoms with van der Waals surface area (Å²) in [6.07, 6.45) is 2.00. The predicted octanol–water partition coefficient (Wildman–Crippen LogP) is 3.83. The van der Waals surface area contributed by atoms with Crippen LogP contribution < -0.4 is 10.6 Å². The van der Waals surface area contributed by atoms with Crippen molar-refractivity contribution in [3.05, 3.63) is 23.7 Å². The van der Waals surface area contributed by atoms with Crippen molar-refractivity contribution in [1.29, 1.82) is 0 Å². The fraction of sp³-hybridized carbons (Fsp3) is 0.652. The normalized spacial score (nSPS) is 19.4. The maximum atomic E-state index is 13.5. The Balaban J connectivity index is 1.42. The number of likely N-dealkylation sites (tertiary alicyclic amines) is 2. The number of carbonyl (C=O) groups excluding carboxylic acids is 1. The van der Waals surface area contributed by atoms with Crippen LogP contribution in [-0.4, -0.2) is 74.7 Å². The molecule has 2 aromatic rings. The van der Waals surface area contributed by atoms with E-state index in [4.69, 9.17) is 0 Å². The lowest BCUT2D eigenvalue weighted by atomic mass is 10.1. The smallest absolute Gasteiger partial charge is 0.369 e. The number of hydrogen-bond donors (Lipinski definition) is 2. The number of piperidine rings is 1. The topological polar surface area (TPSA) is 91.2 Å². The molecular weight excluding hydrogens is 461 g/mol. The van der Waals surface area contributed by atoms with Crippen LogP contribution in [0.5, 0.6) is 0 Å². The minimum atomic E-state index is -4.59. The van der Waals surface area contributed by atoms with E-state index in [1.54, 1.807) is 4.90 Å². The van der Waals surface area contributed by atoms with Crippen LogP contribution in [0.2, 0.25) is 0 Å². The maximum Gasteiger partial charge on any atom is 0.421 e. The first-order valence-electron chi connectivity index (χ1n) is 12.3. The van der Waals surface area contributed by atoms with Gasteiger partial charge in [0.1, 0.15) is 11.4 Å². The Morgan fingerprint density at radius 2 is 2.06 bits per heavy atom. The van der Waals surface area contributed by atoms with Crippen molar-refractivity contribution >= 4 is 23.4 Å². The molecule has 2 fully saturated rings. The van der Waals surface area contributed by atoms with Gasteiger partial charge in [-0.05, 0) is 39.2 Å². The van der Waals surface area contributed by atoms with Gasteiger partial charge in [0.25, 0.3) is 0 Å². The molecule has 35 heavy (non-hydrogen) atoms. The molecule has 0 radical (unpaired) electrons. The van der Waals surface area contributed by atoms with Gasteiger partial charge in [-0.25, -0.2) is 4.98 Å². The van der Waals surface area contributed by atoms with Crippen LogP contribution >= 0.6 is 0 Å². The number of nitrogens with one attached hydrogen (secondary N) is 2. The number of aryl methyl sites for hydroxylation is 1. The Morgan fingerprint density at radius 1 is 1.23 bits per heavy atom. The Morgan fingerprint density at radius 3 is 2.77 bits per heavy atom. The zero-order valence-corrected chi connectivity index (χ0v) is 20.2. The molecule has 4 rings (SSSR count). The Hall–Kier alpha value is -2.89. The molecule has 1 atom stereocenters. The fourth-order valence-corrected chi connectivity index (χ4v) is 4.59. The molecule has 2 aliphatic rings. The van der Waals surface area contributed by atoms with E-state index in [1.165, 1.54) is 0 Å². The number of hydrogen-bond acceptors (Lipinski definition) is 7. The van der Waals surface area contributed by atoms with Crippen LogP contribution in [0.15, 0.2) is 12.4 Å². The van der Waals surface area contributed by atoms with Crippen molar-refractivity contribution in [1.82, 2.24) is 29.5 Å². The van der Waals surface area contributed by atoms with Gasteiger partial charge in [0.2, 0.25) is 11.9 Å². The first kappa shape index (κ1) is 25.2. The number of halogens is 3. The highest BCUT2D eigenvalue weighted by Gasteiger charge is 2.35. The van der Waals surface area contributed by atoms with E-state index < -0.39 is 11.7 Å². The second-order valence-electron chi connectivity index (χ2n) is 9.14. The number of anilines is 3. The zero-order valence-electron chi connectivity index (χ0n) is 20.2. The second-order valence-corrected chi connectivity index (χ2v) is 9.14. The van der Waals surface area contributed by atoms with Gasteiger partial charge < -0.3 is 20.4 Å². The third-order valence-corrected chi connectivity index (χ3v) is 6.64. The van der Waals surface area contributed by atoms with Crippen molar-refractivity contribution in [3.63, 3.8) is 0 Å².